The summed E-state index contributed by atoms with van der Waals surface area (Å²) in [7, 11) is 0. The predicted octanol–water partition coefficient (Wildman–Crippen LogP) is 2.17. The van der Waals surface area contributed by atoms with Crippen molar-refractivity contribution in [3.8, 4) is 11.4 Å². The Labute approximate surface area is 111 Å². The van der Waals surface area contributed by atoms with Crippen LogP contribution in [0, 0.1) is 0 Å². The minimum atomic E-state index is -0.322. The molecule has 2 heterocycles. The van der Waals surface area contributed by atoms with Gasteiger partial charge in [0, 0.05) is 15.8 Å². The van der Waals surface area contributed by atoms with E-state index in [0.717, 1.165) is 21.0 Å². The average molecular weight is 312 g/mol. The molecule has 0 fully saturated rings. The van der Waals surface area contributed by atoms with Gasteiger partial charge < -0.3 is 5.11 Å². The van der Waals surface area contributed by atoms with Crippen molar-refractivity contribution in [2.24, 2.45) is 0 Å². The number of fused-ring (bicyclic) bond motifs is 1. The summed E-state index contributed by atoms with van der Waals surface area (Å²) in [5, 5.41) is 18.9. The molecular weight excluding hydrogens is 302 g/mol. The van der Waals surface area contributed by atoms with Crippen LogP contribution in [0.3, 0.4) is 0 Å². The summed E-state index contributed by atoms with van der Waals surface area (Å²) in [6, 6.07) is 7.94. The lowest BCUT2D eigenvalue weighted by molar-refractivity contribution is 0.171. The van der Waals surface area contributed by atoms with Crippen LogP contribution in [-0.4, -0.2) is 31.7 Å². The molecule has 1 aromatic carbocycles. The Morgan fingerprint density at radius 1 is 1.29 bits per heavy atom. The third kappa shape index (κ3) is 2.12. The van der Waals surface area contributed by atoms with Crippen molar-refractivity contribution in [3.05, 3.63) is 28.7 Å². The number of benzene rings is 1. The van der Waals surface area contributed by atoms with Crippen molar-refractivity contribution >= 4 is 27.7 Å². The molecule has 1 aliphatic rings. The topological polar surface area (TPSA) is 50.9 Å². The largest absolute Gasteiger partial charge is 0.390 e. The first-order valence-electron chi connectivity index (χ1n) is 5.24. The molecule has 0 saturated carbocycles. The molecule has 0 amide bonds. The molecule has 88 valence electrons. The van der Waals surface area contributed by atoms with E-state index in [1.807, 2.05) is 28.8 Å². The van der Waals surface area contributed by atoms with E-state index in [-0.39, 0.29) is 6.10 Å². The molecule has 0 saturated heterocycles. The van der Waals surface area contributed by atoms with E-state index in [9.17, 15) is 5.11 Å². The van der Waals surface area contributed by atoms with Crippen LogP contribution in [-0.2, 0) is 6.54 Å². The van der Waals surface area contributed by atoms with E-state index >= 15 is 0 Å². The summed E-state index contributed by atoms with van der Waals surface area (Å²) in [6.45, 7) is 0.570. The van der Waals surface area contributed by atoms with Crippen molar-refractivity contribution in [1.29, 1.82) is 0 Å². The maximum absolute atomic E-state index is 9.69. The third-order valence-corrected chi connectivity index (χ3v) is 4.26. The van der Waals surface area contributed by atoms with Crippen LogP contribution >= 0.6 is 27.7 Å². The van der Waals surface area contributed by atoms with Crippen LogP contribution in [0.15, 0.2) is 33.9 Å². The number of aliphatic hydroxyl groups excluding tert-OH is 1. The van der Waals surface area contributed by atoms with Crippen LogP contribution in [0.5, 0.6) is 0 Å². The lowest BCUT2D eigenvalue weighted by Crippen LogP contribution is -2.24. The van der Waals surface area contributed by atoms with Crippen LogP contribution in [0.2, 0.25) is 0 Å². The van der Waals surface area contributed by atoms with Crippen molar-refractivity contribution in [2.45, 2.75) is 17.8 Å². The minimum Gasteiger partial charge on any atom is -0.390 e. The molecule has 1 atom stereocenters. The van der Waals surface area contributed by atoms with Gasteiger partial charge in [-0.2, -0.15) is 0 Å². The van der Waals surface area contributed by atoms with Gasteiger partial charge in [0.1, 0.15) is 0 Å². The first-order valence-corrected chi connectivity index (χ1v) is 7.02. The van der Waals surface area contributed by atoms with Gasteiger partial charge in [-0.1, -0.05) is 39.8 Å². The predicted molar refractivity (Wildman–Crippen MR) is 69.9 cm³/mol. The van der Waals surface area contributed by atoms with Crippen molar-refractivity contribution in [2.75, 3.05) is 5.75 Å². The van der Waals surface area contributed by atoms with Crippen LogP contribution in [0.4, 0.5) is 0 Å². The smallest absolute Gasteiger partial charge is 0.191 e. The molecule has 1 aliphatic heterocycles. The van der Waals surface area contributed by atoms with Crippen LogP contribution in [0.1, 0.15) is 0 Å². The Balaban J connectivity index is 2.04. The van der Waals surface area contributed by atoms with E-state index in [1.165, 1.54) is 0 Å². The highest BCUT2D eigenvalue weighted by atomic mass is 79.9. The number of hydrogen-bond acceptors (Lipinski definition) is 4. The lowest BCUT2D eigenvalue weighted by Gasteiger charge is -2.19. The molecule has 4 nitrogen and oxygen atoms in total. The fourth-order valence-electron chi connectivity index (χ4n) is 1.81. The summed E-state index contributed by atoms with van der Waals surface area (Å²) in [6.07, 6.45) is -0.322. The number of rotatable bonds is 1. The highest BCUT2D eigenvalue weighted by molar-refractivity contribution is 9.10. The van der Waals surface area contributed by atoms with Gasteiger partial charge in [0.2, 0.25) is 0 Å². The van der Waals surface area contributed by atoms with Gasteiger partial charge in [-0.15, -0.1) is 10.2 Å². The molecule has 1 N–H and O–H groups in total. The SMILES string of the molecule is OC1CSc2nnc(-c3ccc(Br)cc3)n2C1. The fraction of sp³-hybridized carbons (Fsp3) is 0.273. The molecule has 0 bridgehead atoms. The first-order chi connectivity index (χ1) is 8.24. The van der Waals surface area contributed by atoms with Gasteiger partial charge in [0.05, 0.1) is 12.6 Å². The van der Waals surface area contributed by atoms with E-state index < -0.39 is 0 Å². The zero-order valence-electron chi connectivity index (χ0n) is 8.88. The van der Waals surface area contributed by atoms with E-state index in [0.29, 0.717) is 12.3 Å². The molecule has 2 aromatic rings. The number of thioether (sulfide) groups is 1. The molecule has 3 rings (SSSR count). The standard InChI is InChI=1S/C11H10BrN3OS/c12-8-3-1-7(2-4-8)10-13-14-11-15(10)5-9(16)6-17-11/h1-4,9,16H,5-6H2. The third-order valence-electron chi connectivity index (χ3n) is 2.62. The highest BCUT2D eigenvalue weighted by Crippen LogP contribution is 2.29. The van der Waals surface area contributed by atoms with Gasteiger partial charge in [-0.3, -0.25) is 4.57 Å². The Bertz CT molecular complexity index is 540. The molecule has 17 heavy (non-hydrogen) atoms. The Morgan fingerprint density at radius 2 is 2.06 bits per heavy atom. The van der Waals surface area contributed by atoms with Gasteiger partial charge in [-0.25, -0.2) is 0 Å². The molecule has 0 aliphatic carbocycles. The number of hydrogen-bond donors (Lipinski definition) is 1. The maximum atomic E-state index is 9.69. The Hall–Kier alpha value is -0.850. The summed E-state index contributed by atoms with van der Waals surface area (Å²) in [4.78, 5) is 0. The molecule has 6 heteroatoms. The van der Waals surface area contributed by atoms with Gasteiger partial charge in [-0.05, 0) is 12.1 Å². The monoisotopic (exact) mass is 311 g/mol. The second-order valence-corrected chi connectivity index (χ2v) is 5.79. The maximum Gasteiger partial charge on any atom is 0.191 e. The van der Waals surface area contributed by atoms with Crippen molar-refractivity contribution in [1.82, 2.24) is 14.8 Å². The number of aliphatic hydroxyl groups is 1. The number of aromatic nitrogens is 3. The van der Waals surface area contributed by atoms with E-state index in [2.05, 4.69) is 26.1 Å². The van der Waals surface area contributed by atoms with Crippen LogP contribution < -0.4 is 0 Å². The summed E-state index contributed by atoms with van der Waals surface area (Å²) in [5.41, 5.74) is 1.02. The molecular formula is C11H10BrN3OS. The molecule has 1 unspecified atom stereocenters. The quantitative estimate of drug-likeness (QED) is 0.877. The molecule has 0 spiro atoms. The van der Waals surface area contributed by atoms with Gasteiger partial charge in [0.15, 0.2) is 11.0 Å². The van der Waals surface area contributed by atoms with Crippen LogP contribution in [0.25, 0.3) is 11.4 Å². The van der Waals surface area contributed by atoms with E-state index in [4.69, 9.17) is 0 Å². The summed E-state index contributed by atoms with van der Waals surface area (Å²) in [5.74, 6) is 1.51. The zero-order valence-corrected chi connectivity index (χ0v) is 11.3. The average Bonchev–Trinajstić information content (AvgIpc) is 2.73. The fourth-order valence-corrected chi connectivity index (χ4v) is 2.93. The molecule has 0 radical (unpaired) electrons. The lowest BCUT2D eigenvalue weighted by atomic mass is 10.2. The van der Waals surface area contributed by atoms with E-state index in [1.54, 1.807) is 11.8 Å². The second kappa shape index (κ2) is 4.44. The number of halogens is 1. The number of nitrogens with zero attached hydrogens (tertiary/aromatic N) is 3. The summed E-state index contributed by atoms with van der Waals surface area (Å²) < 4.78 is 3.01. The normalized spacial score (nSPS) is 19.1. The second-order valence-electron chi connectivity index (χ2n) is 3.89. The minimum absolute atomic E-state index is 0.322. The van der Waals surface area contributed by atoms with Crippen molar-refractivity contribution in [3.63, 3.8) is 0 Å². The molecule has 1 aromatic heterocycles. The van der Waals surface area contributed by atoms with Crippen molar-refractivity contribution < 1.29 is 5.11 Å². The Kier molecular flexibility index (Phi) is 2.94. The first kappa shape index (κ1) is 11.3. The van der Waals surface area contributed by atoms with Gasteiger partial charge in [0.25, 0.3) is 0 Å². The van der Waals surface area contributed by atoms with Gasteiger partial charge >= 0.3 is 0 Å². The highest BCUT2D eigenvalue weighted by Gasteiger charge is 2.22. The summed E-state index contributed by atoms with van der Waals surface area (Å²) >= 11 is 4.95. The zero-order chi connectivity index (χ0) is 11.8. The Morgan fingerprint density at radius 3 is 2.82 bits per heavy atom.